The van der Waals surface area contributed by atoms with Crippen LogP contribution in [0.25, 0.3) is 0 Å². The van der Waals surface area contributed by atoms with Crippen molar-refractivity contribution in [3.05, 3.63) is 5.89 Å². The molecule has 0 aliphatic heterocycles. The molecule has 0 radical (unpaired) electrons. The fourth-order valence-electron chi connectivity index (χ4n) is 0.987. The fraction of sp³-hybridized carbons (Fsp3) is 0.625. The highest BCUT2D eigenvalue weighted by Crippen LogP contribution is 2.04. The first-order valence-electron chi connectivity index (χ1n) is 4.50. The number of anilines is 1. The lowest BCUT2D eigenvalue weighted by molar-refractivity contribution is -0.117. The number of nitrogens with two attached hydrogens (primary N) is 1. The highest BCUT2D eigenvalue weighted by molar-refractivity contribution is 5.92. The molecular formula is C8H14N4O2. The summed E-state index contributed by atoms with van der Waals surface area (Å²) in [7, 11) is 0. The number of hydrogen-bond acceptors (Lipinski definition) is 5. The summed E-state index contributed by atoms with van der Waals surface area (Å²) in [5.74, 6) is 0.111. The molecule has 0 bridgehead atoms. The highest BCUT2D eigenvalue weighted by atomic mass is 16.4. The largest absolute Gasteiger partial charge is 0.408 e. The Kier molecular flexibility index (Phi) is 3.58. The molecule has 14 heavy (non-hydrogen) atoms. The molecule has 0 spiro atoms. The van der Waals surface area contributed by atoms with Crippen LogP contribution >= 0.6 is 0 Å². The Balaban J connectivity index is 2.48. The first kappa shape index (κ1) is 10.6. The second kappa shape index (κ2) is 4.71. The van der Waals surface area contributed by atoms with Crippen molar-refractivity contribution in [1.82, 2.24) is 10.2 Å². The molecule has 1 rings (SSSR count). The summed E-state index contributed by atoms with van der Waals surface area (Å²) in [4.78, 5) is 11.3. The maximum atomic E-state index is 11.3. The van der Waals surface area contributed by atoms with Crippen molar-refractivity contribution in [3.8, 4) is 0 Å². The van der Waals surface area contributed by atoms with Crippen LogP contribution in [0.3, 0.4) is 0 Å². The molecule has 1 atom stereocenters. The molecule has 78 valence electrons. The Morgan fingerprint density at radius 3 is 2.86 bits per heavy atom. The lowest BCUT2D eigenvalue weighted by Gasteiger charge is -2.07. The minimum atomic E-state index is -0.521. The van der Waals surface area contributed by atoms with E-state index in [1.54, 1.807) is 6.92 Å². The third-order valence-electron chi connectivity index (χ3n) is 1.69. The van der Waals surface area contributed by atoms with Gasteiger partial charge in [-0.05, 0) is 6.42 Å². The normalized spacial score (nSPS) is 12.5. The summed E-state index contributed by atoms with van der Waals surface area (Å²) in [6.07, 6.45) is 1.50. The zero-order valence-corrected chi connectivity index (χ0v) is 8.28. The molecule has 0 saturated carbocycles. The van der Waals surface area contributed by atoms with Crippen molar-refractivity contribution in [2.45, 2.75) is 32.7 Å². The van der Waals surface area contributed by atoms with Crippen molar-refractivity contribution in [2.24, 2.45) is 5.73 Å². The van der Waals surface area contributed by atoms with Gasteiger partial charge in [0.25, 0.3) is 0 Å². The van der Waals surface area contributed by atoms with E-state index in [-0.39, 0.29) is 11.9 Å². The molecule has 1 aromatic heterocycles. The van der Waals surface area contributed by atoms with Gasteiger partial charge in [0.1, 0.15) is 0 Å². The lowest BCUT2D eigenvalue weighted by atomic mass is 10.2. The topological polar surface area (TPSA) is 94.0 Å². The number of carbonyl (C=O) groups is 1. The SMILES string of the molecule is CCC[C@@H](N)C(=O)Nc1nnc(C)o1. The third-order valence-corrected chi connectivity index (χ3v) is 1.69. The van der Waals surface area contributed by atoms with Crippen LogP contribution in [-0.4, -0.2) is 22.1 Å². The molecule has 0 fully saturated rings. The molecule has 1 amide bonds. The molecule has 0 saturated heterocycles. The number of nitrogens with zero attached hydrogens (tertiary/aromatic N) is 2. The number of aryl methyl sites for hydroxylation is 1. The Bertz CT molecular complexity index is 310. The van der Waals surface area contributed by atoms with Gasteiger partial charge < -0.3 is 10.2 Å². The van der Waals surface area contributed by atoms with E-state index in [1.807, 2.05) is 6.92 Å². The number of nitrogens with one attached hydrogen (secondary N) is 1. The molecule has 3 N–H and O–H groups in total. The molecule has 0 unspecified atom stereocenters. The summed E-state index contributed by atoms with van der Waals surface area (Å²) < 4.78 is 4.97. The number of amides is 1. The van der Waals surface area contributed by atoms with Gasteiger partial charge in [0.2, 0.25) is 11.8 Å². The van der Waals surface area contributed by atoms with Crippen molar-refractivity contribution >= 4 is 11.9 Å². The van der Waals surface area contributed by atoms with Gasteiger partial charge >= 0.3 is 6.01 Å². The summed E-state index contributed by atoms with van der Waals surface area (Å²) in [6, 6.07) is -0.425. The third kappa shape index (κ3) is 2.81. The number of hydrogen-bond donors (Lipinski definition) is 2. The average molecular weight is 198 g/mol. The zero-order chi connectivity index (χ0) is 10.6. The number of aromatic nitrogens is 2. The van der Waals surface area contributed by atoms with Crippen molar-refractivity contribution in [3.63, 3.8) is 0 Å². The quantitative estimate of drug-likeness (QED) is 0.732. The Morgan fingerprint density at radius 1 is 1.64 bits per heavy atom. The number of carbonyl (C=O) groups excluding carboxylic acids is 1. The van der Waals surface area contributed by atoms with Gasteiger partial charge in [-0.25, -0.2) is 0 Å². The first-order chi connectivity index (χ1) is 6.63. The molecule has 6 nitrogen and oxygen atoms in total. The van der Waals surface area contributed by atoms with Crippen LogP contribution in [0.1, 0.15) is 25.7 Å². The highest BCUT2D eigenvalue weighted by Gasteiger charge is 2.14. The van der Waals surface area contributed by atoms with Gasteiger partial charge in [0.05, 0.1) is 6.04 Å². The second-order valence-electron chi connectivity index (χ2n) is 3.01. The second-order valence-corrected chi connectivity index (χ2v) is 3.01. The maximum Gasteiger partial charge on any atom is 0.322 e. The van der Waals surface area contributed by atoms with Crippen LogP contribution in [0, 0.1) is 6.92 Å². The van der Waals surface area contributed by atoms with Crippen LogP contribution in [0.2, 0.25) is 0 Å². The van der Waals surface area contributed by atoms with Gasteiger partial charge in [-0.3, -0.25) is 10.1 Å². The van der Waals surface area contributed by atoms with Gasteiger partial charge in [0.15, 0.2) is 0 Å². The maximum absolute atomic E-state index is 11.3. The van der Waals surface area contributed by atoms with Crippen molar-refractivity contribution in [1.29, 1.82) is 0 Å². The van der Waals surface area contributed by atoms with Gasteiger partial charge in [0, 0.05) is 6.92 Å². The Hall–Kier alpha value is -1.43. The predicted molar refractivity (Wildman–Crippen MR) is 50.5 cm³/mol. The smallest absolute Gasteiger partial charge is 0.322 e. The molecule has 0 aromatic carbocycles. The Labute approximate surface area is 81.9 Å². The van der Waals surface area contributed by atoms with E-state index < -0.39 is 6.04 Å². The van der Waals surface area contributed by atoms with E-state index in [0.717, 1.165) is 6.42 Å². The summed E-state index contributed by atoms with van der Waals surface area (Å²) >= 11 is 0. The molecule has 6 heteroatoms. The van der Waals surface area contributed by atoms with E-state index in [0.29, 0.717) is 12.3 Å². The van der Waals surface area contributed by atoms with Crippen molar-refractivity contribution < 1.29 is 9.21 Å². The van der Waals surface area contributed by atoms with Crippen molar-refractivity contribution in [2.75, 3.05) is 5.32 Å². The summed E-state index contributed by atoms with van der Waals surface area (Å²) in [5.41, 5.74) is 5.58. The van der Waals surface area contributed by atoms with Crippen LogP contribution in [-0.2, 0) is 4.79 Å². The minimum Gasteiger partial charge on any atom is -0.408 e. The molecule has 1 aromatic rings. The molecular weight excluding hydrogens is 184 g/mol. The standard InChI is InChI=1S/C8H14N4O2/c1-3-4-6(9)7(13)10-8-12-11-5(2)14-8/h6H,3-4,9H2,1-2H3,(H,10,12,13)/t6-/m1/s1. The van der Waals surface area contributed by atoms with Gasteiger partial charge in [-0.1, -0.05) is 18.4 Å². The van der Waals surface area contributed by atoms with Gasteiger partial charge in [-0.15, -0.1) is 5.10 Å². The molecule has 0 aliphatic rings. The summed E-state index contributed by atoms with van der Waals surface area (Å²) in [5, 5.41) is 9.64. The number of rotatable bonds is 4. The first-order valence-corrected chi connectivity index (χ1v) is 4.50. The Morgan fingerprint density at radius 2 is 2.36 bits per heavy atom. The van der Waals surface area contributed by atoms with Crippen LogP contribution in [0.4, 0.5) is 6.01 Å². The van der Waals surface area contributed by atoms with Gasteiger partial charge in [-0.2, -0.15) is 0 Å². The van der Waals surface area contributed by atoms with Crippen LogP contribution in [0.15, 0.2) is 4.42 Å². The average Bonchev–Trinajstić information content (AvgIpc) is 2.51. The van der Waals surface area contributed by atoms with E-state index in [9.17, 15) is 4.79 Å². The van der Waals surface area contributed by atoms with E-state index in [1.165, 1.54) is 0 Å². The van der Waals surface area contributed by atoms with E-state index in [4.69, 9.17) is 10.2 Å². The molecule has 1 heterocycles. The van der Waals surface area contributed by atoms with Crippen LogP contribution in [0.5, 0.6) is 0 Å². The van der Waals surface area contributed by atoms with E-state index in [2.05, 4.69) is 15.5 Å². The van der Waals surface area contributed by atoms with E-state index >= 15 is 0 Å². The molecule has 0 aliphatic carbocycles. The van der Waals surface area contributed by atoms with Crippen LogP contribution < -0.4 is 11.1 Å². The zero-order valence-electron chi connectivity index (χ0n) is 8.28. The predicted octanol–water partition coefficient (Wildman–Crippen LogP) is 0.444. The monoisotopic (exact) mass is 198 g/mol. The fourth-order valence-corrected chi connectivity index (χ4v) is 0.987. The summed E-state index contributed by atoms with van der Waals surface area (Å²) in [6.45, 7) is 3.61. The minimum absolute atomic E-state index is 0.0963. The lowest BCUT2D eigenvalue weighted by Crippen LogP contribution is -2.35.